The summed E-state index contributed by atoms with van der Waals surface area (Å²) < 4.78 is 0. The minimum absolute atomic E-state index is 0.101. The van der Waals surface area contributed by atoms with Crippen molar-refractivity contribution in [3.05, 3.63) is 96.1 Å². The van der Waals surface area contributed by atoms with Crippen molar-refractivity contribution in [3.8, 4) is 0 Å². The Bertz CT molecular complexity index is 678. The third-order valence-corrected chi connectivity index (χ3v) is 3.34. The summed E-state index contributed by atoms with van der Waals surface area (Å²) in [5.41, 5.74) is 2.71. The van der Waals surface area contributed by atoms with Crippen molar-refractivity contribution >= 4 is 5.78 Å². The van der Waals surface area contributed by atoms with E-state index in [1.807, 2.05) is 84.1 Å². The molecule has 3 rings (SSSR count). The minimum Gasteiger partial charge on any atom is -0.360 e. The lowest BCUT2D eigenvalue weighted by Crippen LogP contribution is -2.27. The van der Waals surface area contributed by atoms with Crippen LogP contribution in [0, 0.1) is 0 Å². The average Bonchev–Trinajstić information content (AvgIpc) is 2.57. The number of hydrogen-bond donors (Lipinski definition) is 1. The zero-order valence-corrected chi connectivity index (χ0v) is 11.6. The Balaban J connectivity index is 1.82. The summed E-state index contributed by atoms with van der Waals surface area (Å²) in [5.74, 6) is 0.101. The van der Waals surface area contributed by atoms with Gasteiger partial charge in [0.15, 0.2) is 5.78 Å². The number of Topliss-reactive ketones (excluding diaryl/α,β-unsaturated/α-hetero) is 1. The van der Waals surface area contributed by atoms with E-state index in [9.17, 15) is 4.79 Å². The van der Waals surface area contributed by atoms with E-state index in [2.05, 4.69) is 5.32 Å². The third-order valence-electron chi connectivity index (χ3n) is 3.34. The van der Waals surface area contributed by atoms with Gasteiger partial charge < -0.3 is 10.2 Å². The molecule has 0 aliphatic carbocycles. The van der Waals surface area contributed by atoms with Crippen LogP contribution < -0.4 is 5.32 Å². The molecule has 0 atom stereocenters. The predicted molar refractivity (Wildman–Crippen MR) is 84.2 cm³/mol. The van der Waals surface area contributed by atoms with Gasteiger partial charge >= 0.3 is 0 Å². The van der Waals surface area contributed by atoms with Crippen LogP contribution in [-0.2, 0) is 0 Å². The molecule has 1 N–H and O–H groups in total. The number of dihydropyridines is 1. The molecule has 0 amide bonds. The van der Waals surface area contributed by atoms with E-state index in [1.165, 1.54) is 0 Å². The molecule has 2 aliphatic heterocycles. The molecule has 0 unspecified atom stereocenters. The van der Waals surface area contributed by atoms with E-state index >= 15 is 0 Å². The van der Waals surface area contributed by atoms with E-state index in [1.54, 1.807) is 0 Å². The van der Waals surface area contributed by atoms with Crippen LogP contribution in [-0.4, -0.2) is 17.2 Å². The van der Waals surface area contributed by atoms with E-state index in [4.69, 9.17) is 0 Å². The van der Waals surface area contributed by atoms with Crippen LogP contribution in [0.1, 0.15) is 10.4 Å². The van der Waals surface area contributed by atoms with Gasteiger partial charge in [-0.15, -0.1) is 0 Å². The molecule has 0 fully saturated rings. The highest BCUT2D eigenvalue weighted by Gasteiger charge is 2.16. The van der Waals surface area contributed by atoms with E-state index in [0.717, 1.165) is 17.0 Å². The van der Waals surface area contributed by atoms with Crippen molar-refractivity contribution in [1.29, 1.82) is 0 Å². The lowest BCUT2D eigenvalue weighted by atomic mass is 10.1. The van der Waals surface area contributed by atoms with Crippen molar-refractivity contribution in [3.63, 3.8) is 0 Å². The first kappa shape index (κ1) is 13.2. The molecule has 1 aromatic rings. The Morgan fingerprint density at radius 3 is 2.57 bits per heavy atom. The highest BCUT2D eigenvalue weighted by Crippen LogP contribution is 2.18. The molecule has 104 valence electrons. The Labute approximate surface area is 124 Å². The number of carbonyl (C=O) groups excluding carboxylic acids is 1. The average molecular weight is 276 g/mol. The summed E-state index contributed by atoms with van der Waals surface area (Å²) in [4.78, 5) is 14.3. The molecule has 0 radical (unpaired) electrons. The van der Waals surface area contributed by atoms with Crippen LogP contribution in [0.4, 0.5) is 0 Å². The van der Waals surface area contributed by atoms with Gasteiger partial charge in [0.2, 0.25) is 0 Å². The van der Waals surface area contributed by atoms with Crippen molar-refractivity contribution in [2.45, 2.75) is 0 Å². The molecular weight excluding hydrogens is 260 g/mol. The van der Waals surface area contributed by atoms with Crippen LogP contribution in [0.25, 0.3) is 0 Å². The molecule has 21 heavy (non-hydrogen) atoms. The summed E-state index contributed by atoms with van der Waals surface area (Å²) >= 11 is 0. The molecule has 0 spiro atoms. The Hall–Kier alpha value is -2.81. The molecule has 2 heterocycles. The Kier molecular flexibility index (Phi) is 3.83. The first-order valence-corrected chi connectivity index (χ1v) is 6.88. The Morgan fingerprint density at radius 1 is 1.00 bits per heavy atom. The van der Waals surface area contributed by atoms with Gasteiger partial charge in [0, 0.05) is 18.0 Å². The first-order chi connectivity index (χ1) is 10.3. The minimum atomic E-state index is 0.101. The summed E-state index contributed by atoms with van der Waals surface area (Å²) in [6, 6.07) is 9.38. The molecule has 1 aromatic carbocycles. The fourth-order valence-corrected chi connectivity index (χ4v) is 2.28. The van der Waals surface area contributed by atoms with Gasteiger partial charge in [0.1, 0.15) is 0 Å². The van der Waals surface area contributed by atoms with Crippen molar-refractivity contribution < 1.29 is 4.79 Å². The molecule has 0 bridgehead atoms. The molecule has 0 aromatic heterocycles. The van der Waals surface area contributed by atoms with Gasteiger partial charge in [-0.2, -0.15) is 0 Å². The maximum Gasteiger partial charge on any atom is 0.182 e. The Morgan fingerprint density at radius 2 is 1.81 bits per heavy atom. The monoisotopic (exact) mass is 276 g/mol. The summed E-state index contributed by atoms with van der Waals surface area (Å²) in [6.45, 7) is 0.322. The first-order valence-electron chi connectivity index (χ1n) is 6.88. The number of allylic oxidation sites excluding steroid dienone is 6. The molecule has 0 saturated heterocycles. The smallest absolute Gasteiger partial charge is 0.182 e. The van der Waals surface area contributed by atoms with E-state index in [0.29, 0.717) is 6.54 Å². The fraction of sp³-hybridized carbons (Fsp3) is 0.0556. The van der Waals surface area contributed by atoms with Gasteiger partial charge in [-0.3, -0.25) is 4.79 Å². The summed E-state index contributed by atoms with van der Waals surface area (Å²) in [5, 5.41) is 3.21. The number of nitrogens with one attached hydrogen (secondary N) is 1. The third kappa shape index (κ3) is 3.03. The SMILES string of the molecule is O=C(CN1C=CC=C/C1=C1/C=CC=CN1)c1ccccc1. The van der Waals surface area contributed by atoms with Crippen molar-refractivity contribution in [1.82, 2.24) is 10.2 Å². The number of benzene rings is 1. The highest BCUT2D eigenvalue weighted by molar-refractivity contribution is 5.97. The zero-order valence-electron chi connectivity index (χ0n) is 11.6. The van der Waals surface area contributed by atoms with Gasteiger partial charge in [-0.05, 0) is 24.3 Å². The number of hydrogen-bond acceptors (Lipinski definition) is 3. The van der Waals surface area contributed by atoms with Gasteiger partial charge in [-0.1, -0.05) is 42.5 Å². The largest absolute Gasteiger partial charge is 0.360 e. The normalized spacial score (nSPS) is 19.7. The zero-order chi connectivity index (χ0) is 14.5. The maximum absolute atomic E-state index is 12.4. The highest BCUT2D eigenvalue weighted by atomic mass is 16.1. The van der Waals surface area contributed by atoms with Crippen LogP contribution in [0.15, 0.2) is 90.6 Å². The lowest BCUT2D eigenvalue weighted by Gasteiger charge is -2.25. The number of ketones is 1. The van der Waals surface area contributed by atoms with Gasteiger partial charge in [0.25, 0.3) is 0 Å². The van der Waals surface area contributed by atoms with E-state index < -0.39 is 0 Å². The second-order valence-corrected chi connectivity index (χ2v) is 4.78. The predicted octanol–water partition coefficient (Wildman–Crippen LogP) is 3.14. The molecule has 3 heteroatoms. The fourth-order valence-electron chi connectivity index (χ4n) is 2.28. The van der Waals surface area contributed by atoms with Crippen LogP contribution in [0.2, 0.25) is 0 Å². The van der Waals surface area contributed by atoms with Crippen LogP contribution in [0.5, 0.6) is 0 Å². The number of carbonyl (C=O) groups is 1. The maximum atomic E-state index is 12.4. The van der Waals surface area contributed by atoms with Crippen LogP contribution in [0.3, 0.4) is 0 Å². The van der Waals surface area contributed by atoms with Crippen molar-refractivity contribution in [2.24, 2.45) is 0 Å². The number of rotatable bonds is 3. The van der Waals surface area contributed by atoms with Crippen LogP contribution >= 0.6 is 0 Å². The number of nitrogens with zero attached hydrogens (tertiary/aromatic N) is 1. The van der Waals surface area contributed by atoms with Gasteiger partial charge in [-0.25, -0.2) is 0 Å². The van der Waals surface area contributed by atoms with Crippen molar-refractivity contribution in [2.75, 3.05) is 6.54 Å². The summed E-state index contributed by atoms with van der Waals surface area (Å²) in [7, 11) is 0. The molecule has 3 nitrogen and oxygen atoms in total. The van der Waals surface area contributed by atoms with Gasteiger partial charge in [0.05, 0.1) is 17.9 Å². The quantitative estimate of drug-likeness (QED) is 0.861. The standard InChI is InChI=1S/C18H16N2O/c21-18(15-8-2-1-3-9-15)14-20-13-7-5-11-17(20)16-10-4-6-12-19-16/h1-13,19H,14H2/b17-16+. The van der Waals surface area contributed by atoms with E-state index in [-0.39, 0.29) is 5.78 Å². The lowest BCUT2D eigenvalue weighted by molar-refractivity contribution is 0.0967. The molecule has 2 aliphatic rings. The summed E-state index contributed by atoms with van der Waals surface area (Å²) in [6.07, 6.45) is 15.6. The molecular formula is C18H16N2O. The second kappa shape index (κ2) is 6.09. The topological polar surface area (TPSA) is 32.3 Å². The molecule has 0 saturated carbocycles. The second-order valence-electron chi connectivity index (χ2n) is 4.78.